The normalized spacial score (nSPS) is 21.4. The summed E-state index contributed by atoms with van der Waals surface area (Å²) in [6.45, 7) is 0. The Bertz CT molecular complexity index is 516. The lowest BCUT2D eigenvalue weighted by atomic mass is 9.78. The molecule has 0 spiro atoms. The summed E-state index contributed by atoms with van der Waals surface area (Å²) in [5, 5.41) is 9.77. The average molecular weight is 339 g/mol. The topological polar surface area (TPSA) is 46.5 Å². The molecule has 1 aromatic carbocycles. The molecule has 1 N–H and O–H groups in total. The van der Waals surface area contributed by atoms with Gasteiger partial charge in [0.1, 0.15) is 5.75 Å². The Labute approximate surface area is 127 Å². The van der Waals surface area contributed by atoms with Crippen LogP contribution in [-0.2, 0) is 10.2 Å². The molecule has 4 heteroatoms. The zero-order chi connectivity index (χ0) is 14.2. The lowest BCUT2D eigenvalue weighted by Crippen LogP contribution is -2.34. The predicted octanol–water partition coefficient (Wildman–Crippen LogP) is 4.28. The Morgan fingerprint density at radius 2 is 1.95 bits per heavy atom. The van der Waals surface area contributed by atoms with Crippen molar-refractivity contribution in [3.8, 4) is 5.75 Å². The zero-order valence-corrected chi connectivity index (χ0v) is 13.0. The van der Waals surface area contributed by atoms with Crippen LogP contribution in [0.1, 0.15) is 50.5 Å². The molecule has 0 radical (unpaired) electrons. The van der Waals surface area contributed by atoms with Gasteiger partial charge in [-0.1, -0.05) is 28.8 Å². The second-order valence-electron chi connectivity index (χ2n) is 5.91. The van der Waals surface area contributed by atoms with Crippen LogP contribution in [0.3, 0.4) is 0 Å². The molecule has 2 aliphatic carbocycles. The Hall–Kier alpha value is -1.03. The zero-order valence-electron chi connectivity index (χ0n) is 11.4. The van der Waals surface area contributed by atoms with Crippen molar-refractivity contribution in [1.29, 1.82) is 0 Å². The number of carbonyl (C=O) groups is 1. The lowest BCUT2D eigenvalue weighted by molar-refractivity contribution is -0.143. The summed E-state index contributed by atoms with van der Waals surface area (Å²) in [5.74, 6) is 0.0498. The Morgan fingerprint density at radius 3 is 2.50 bits per heavy atom. The van der Waals surface area contributed by atoms with E-state index in [0.717, 1.165) is 41.5 Å². The third-order valence-corrected chi connectivity index (χ3v) is 5.16. The van der Waals surface area contributed by atoms with Gasteiger partial charge in [-0.15, -0.1) is 0 Å². The Morgan fingerprint density at radius 1 is 1.25 bits per heavy atom. The number of carboxylic acids is 1. The number of aliphatic carboxylic acids is 1. The first-order valence-corrected chi connectivity index (χ1v) is 8.11. The highest BCUT2D eigenvalue weighted by Gasteiger charge is 2.45. The lowest BCUT2D eigenvalue weighted by Gasteiger charge is -2.31. The van der Waals surface area contributed by atoms with E-state index in [2.05, 4.69) is 15.9 Å². The first-order valence-electron chi connectivity index (χ1n) is 7.32. The van der Waals surface area contributed by atoms with Gasteiger partial charge in [0.25, 0.3) is 0 Å². The van der Waals surface area contributed by atoms with Gasteiger partial charge in [0.15, 0.2) is 0 Å². The minimum absolute atomic E-state index is 0.266. The standard InChI is InChI=1S/C16H19BrO3/c17-11-6-7-14(20-12-4-3-5-12)13(10-11)16(15(18)19)8-1-2-9-16/h6-7,10,12H,1-5,8-9H2,(H,18,19). The van der Waals surface area contributed by atoms with Crippen molar-refractivity contribution in [2.24, 2.45) is 0 Å². The van der Waals surface area contributed by atoms with E-state index in [1.807, 2.05) is 18.2 Å². The summed E-state index contributed by atoms with van der Waals surface area (Å²) < 4.78 is 6.96. The van der Waals surface area contributed by atoms with Gasteiger partial charge >= 0.3 is 5.97 Å². The molecule has 0 bridgehead atoms. The van der Waals surface area contributed by atoms with Crippen LogP contribution in [0.4, 0.5) is 0 Å². The number of hydrogen-bond donors (Lipinski definition) is 1. The van der Waals surface area contributed by atoms with Crippen LogP contribution < -0.4 is 4.74 Å². The molecule has 108 valence electrons. The monoisotopic (exact) mass is 338 g/mol. The predicted molar refractivity (Wildman–Crippen MR) is 80.2 cm³/mol. The van der Waals surface area contributed by atoms with Crippen molar-refractivity contribution in [2.75, 3.05) is 0 Å². The molecule has 0 amide bonds. The van der Waals surface area contributed by atoms with E-state index in [0.29, 0.717) is 12.8 Å². The van der Waals surface area contributed by atoms with Crippen LogP contribution in [0.5, 0.6) is 5.75 Å². The summed E-state index contributed by atoms with van der Waals surface area (Å²) in [7, 11) is 0. The van der Waals surface area contributed by atoms with Crippen molar-refractivity contribution in [3.63, 3.8) is 0 Å². The van der Waals surface area contributed by atoms with Crippen molar-refractivity contribution < 1.29 is 14.6 Å². The van der Waals surface area contributed by atoms with Gasteiger partial charge in [0.2, 0.25) is 0 Å². The molecule has 0 saturated heterocycles. The van der Waals surface area contributed by atoms with Crippen LogP contribution in [0.2, 0.25) is 0 Å². The number of ether oxygens (including phenoxy) is 1. The van der Waals surface area contributed by atoms with Gasteiger partial charge in [-0.2, -0.15) is 0 Å². The molecular formula is C16H19BrO3. The van der Waals surface area contributed by atoms with Crippen LogP contribution in [0, 0.1) is 0 Å². The van der Waals surface area contributed by atoms with Gasteiger partial charge in [0.05, 0.1) is 11.5 Å². The summed E-state index contributed by atoms with van der Waals surface area (Å²) in [4.78, 5) is 11.9. The molecule has 0 unspecified atom stereocenters. The summed E-state index contributed by atoms with van der Waals surface area (Å²) in [6, 6.07) is 5.79. The second kappa shape index (κ2) is 5.40. The maximum atomic E-state index is 11.9. The van der Waals surface area contributed by atoms with Crippen LogP contribution >= 0.6 is 15.9 Å². The van der Waals surface area contributed by atoms with E-state index in [-0.39, 0.29) is 6.10 Å². The minimum atomic E-state index is -0.761. The van der Waals surface area contributed by atoms with Gasteiger partial charge in [-0.05, 0) is 50.3 Å². The van der Waals surface area contributed by atoms with Gasteiger partial charge < -0.3 is 9.84 Å². The van der Waals surface area contributed by atoms with Gasteiger partial charge in [-0.25, -0.2) is 0 Å². The first kappa shape index (κ1) is 13.9. The number of carboxylic acid groups (broad SMARTS) is 1. The fraction of sp³-hybridized carbons (Fsp3) is 0.562. The molecule has 0 aromatic heterocycles. The van der Waals surface area contributed by atoms with Crippen molar-refractivity contribution in [3.05, 3.63) is 28.2 Å². The molecule has 2 saturated carbocycles. The Kier molecular flexibility index (Phi) is 3.76. The number of halogens is 1. The van der Waals surface area contributed by atoms with E-state index in [1.165, 1.54) is 6.42 Å². The summed E-state index contributed by atoms with van der Waals surface area (Å²) in [6.07, 6.45) is 7.00. The van der Waals surface area contributed by atoms with E-state index >= 15 is 0 Å². The fourth-order valence-corrected chi connectivity index (χ4v) is 3.59. The molecule has 2 aliphatic rings. The molecule has 20 heavy (non-hydrogen) atoms. The van der Waals surface area contributed by atoms with E-state index in [1.54, 1.807) is 0 Å². The number of benzene rings is 1. The van der Waals surface area contributed by atoms with E-state index in [9.17, 15) is 9.90 Å². The largest absolute Gasteiger partial charge is 0.490 e. The smallest absolute Gasteiger partial charge is 0.314 e. The van der Waals surface area contributed by atoms with Gasteiger partial charge in [0, 0.05) is 10.0 Å². The van der Waals surface area contributed by atoms with Crippen molar-refractivity contribution in [1.82, 2.24) is 0 Å². The van der Waals surface area contributed by atoms with Gasteiger partial charge in [-0.3, -0.25) is 4.79 Å². The maximum Gasteiger partial charge on any atom is 0.314 e. The molecule has 1 aromatic rings. The second-order valence-corrected chi connectivity index (χ2v) is 6.82. The highest BCUT2D eigenvalue weighted by Crippen LogP contribution is 2.46. The third kappa shape index (κ3) is 2.34. The molecule has 3 rings (SSSR count). The molecule has 0 heterocycles. The van der Waals surface area contributed by atoms with Crippen LogP contribution in [0.15, 0.2) is 22.7 Å². The minimum Gasteiger partial charge on any atom is -0.490 e. The molecule has 0 aliphatic heterocycles. The Balaban J connectivity index is 2.00. The molecule has 0 atom stereocenters. The number of rotatable bonds is 4. The SMILES string of the molecule is O=C(O)C1(c2cc(Br)ccc2OC2CCC2)CCCC1. The van der Waals surface area contributed by atoms with Crippen LogP contribution in [0.25, 0.3) is 0 Å². The third-order valence-electron chi connectivity index (χ3n) is 4.67. The highest BCUT2D eigenvalue weighted by atomic mass is 79.9. The molecule has 2 fully saturated rings. The van der Waals surface area contributed by atoms with E-state index in [4.69, 9.17) is 4.74 Å². The summed E-state index contributed by atoms with van der Waals surface area (Å²) in [5.41, 5.74) is 0.0897. The maximum absolute atomic E-state index is 11.9. The van der Waals surface area contributed by atoms with Crippen molar-refractivity contribution in [2.45, 2.75) is 56.5 Å². The quantitative estimate of drug-likeness (QED) is 0.891. The first-order chi connectivity index (χ1) is 9.62. The van der Waals surface area contributed by atoms with E-state index < -0.39 is 11.4 Å². The number of hydrogen-bond acceptors (Lipinski definition) is 2. The molecular weight excluding hydrogens is 320 g/mol. The van der Waals surface area contributed by atoms with Crippen LogP contribution in [-0.4, -0.2) is 17.2 Å². The fourth-order valence-electron chi connectivity index (χ4n) is 3.22. The molecule has 3 nitrogen and oxygen atoms in total. The highest BCUT2D eigenvalue weighted by molar-refractivity contribution is 9.10. The average Bonchev–Trinajstić information content (AvgIpc) is 2.85. The summed E-state index contributed by atoms with van der Waals surface area (Å²) >= 11 is 3.47. The van der Waals surface area contributed by atoms with Crippen molar-refractivity contribution >= 4 is 21.9 Å².